The average molecular weight is 444 g/mol. The van der Waals surface area contributed by atoms with Crippen molar-refractivity contribution < 1.29 is 9.59 Å². The Morgan fingerprint density at radius 3 is 2.80 bits per heavy atom. The lowest BCUT2D eigenvalue weighted by Crippen LogP contribution is -2.49. The number of hydrazine groups is 1. The van der Waals surface area contributed by atoms with Crippen molar-refractivity contribution in [2.75, 3.05) is 17.2 Å². The number of carbonyl (C=O) groups excluding carboxylic acids is 2. The number of benzene rings is 2. The zero-order valence-corrected chi connectivity index (χ0v) is 18.0. The molecule has 0 aromatic heterocycles. The molecule has 2 unspecified atom stereocenters. The topological polar surface area (TPSA) is 85.8 Å². The van der Waals surface area contributed by atoms with Gasteiger partial charge in [0.05, 0.1) is 22.4 Å². The maximum atomic E-state index is 13.1. The van der Waals surface area contributed by atoms with Gasteiger partial charge in [0.25, 0.3) is 0 Å². The number of amides is 2. The monoisotopic (exact) mass is 443 g/mol. The highest BCUT2D eigenvalue weighted by Crippen LogP contribution is 2.33. The molecule has 1 fully saturated rings. The normalized spacial score (nSPS) is 20.7. The number of hydrogen-bond acceptors (Lipinski definition) is 6. The van der Waals surface area contributed by atoms with Gasteiger partial charge in [-0.1, -0.05) is 65.3 Å². The Morgan fingerprint density at radius 2 is 2.03 bits per heavy atom. The van der Waals surface area contributed by atoms with Gasteiger partial charge in [-0.3, -0.25) is 19.9 Å². The number of thioether (sulfide) groups is 1. The predicted octanol–water partition coefficient (Wildman–Crippen LogP) is 2.45. The highest BCUT2D eigenvalue weighted by Gasteiger charge is 2.42. The Morgan fingerprint density at radius 1 is 1.27 bits per heavy atom. The van der Waals surface area contributed by atoms with Gasteiger partial charge in [-0.05, 0) is 24.6 Å². The number of para-hydroxylation sites is 1. The second kappa shape index (κ2) is 9.18. The van der Waals surface area contributed by atoms with Crippen molar-refractivity contribution >= 4 is 46.0 Å². The number of rotatable bonds is 5. The minimum absolute atomic E-state index is 0.0943. The van der Waals surface area contributed by atoms with Crippen molar-refractivity contribution in [3.63, 3.8) is 0 Å². The lowest BCUT2D eigenvalue weighted by molar-refractivity contribution is -0.121. The molecule has 3 N–H and O–H groups in total. The van der Waals surface area contributed by atoms with Crippen LogP contribution < -0.4 is 21.1 Å². The maximum Gasteiger partial charge on any atom is 0.241 e. The van der Waals surface area contributed by atoms with E-state index in [-0.39, 0.29) is 29.7 Å². The average Bonchev–Trinajstić information content (AvgIpc) is 3.22. The smallest absolute Gasteiger partial charge is 0.241 e. The summed E-state index contributed by atoms with van der Waals surface area (Å²) in [6, 6.07) is 15.2. The molecule has 0 aliphatic carbocycles. The Bertz CT molecular complexity index is 982. The Labute approximate surface area is 184 Å². The molecule has 2 heterocycles. The molecule has 2 aromatic carbocycles. The Hall–Kier alpha value is -2.39. The number of anilines is 1. The summed E-state index contributed by atoms with van der Waals surface area (Å²) in [6.07, 6.45) is -0.352. The molecule has 2 amide bonds. The van der Waals surface area contributed by atoms with E-state index in [2.05, 4.69) is 21.2 Å². The number of hydrogen-bond donors (Lipinski definition) is 3. The van der Waals surface area contributed by atoms with Crippen LogP contribution in [-0.2, 0) is 16.1 Å². The van der Waals surface area contributed by atoms with Crippen molar-refractivity contribution in [3.8, 4) is 0 Å². The van der Waals surface area contributed by atoms with Gasteiger partial charge in [-0.2, -0.15) is 0 Å². The minimum atomic E-state index is -0.352. The summed E-state index contributed by atoms with van der Waals surface area (Å²) in [6.45, 7) is 2.97. The van der Waals surface area contributed by atoms with Crippen LogP contribution in [-0.4, -0.2) is 35.4 Å². The molecule has 0 saturated carbocycles. The summed E-state index contributed by atoms with van der Waals surface area (Å²) < 4.78 is 0. The first kappa shape index (κ1) is 20.9. The maximum absolute atomic E-state index is 13.1. The molecular formula is C21H22ClN5O2S. The summed E-state index contributed by atoms with van der Waals surface area (Å²) in [5, 5.41) is 3.82. The number of halogens is 1. The second-order valence-electron chi connectivity index (χ2n) is 7.16. The molecule has 0 radical (unpaired) electrons. The van der Waals surface area contributed by atoms with Crippen molar-refractivity contribution in [1.82, 2.24) is 16.2 Å². The summed E-state index contributed by atoms with van der Waals surface area (Å²) in [5.74, 6) is -0.400. The molecular weight excluding hydrogens is 422 g/mol. The number of carbonyl (C=O) groups is 2. The second-order valence-corrected chi connectivity index (χ2v) is 8.51. The third-order valence-corrected chi connectivity index (χ3v) is 6.24. The molecule has 2 aliphatic rings. The predicted molar refractivity (Wildman–Crippen MR) is 120 cm³/mol. The molecule has 2 atom stereocenters. The summed E-state index contributed by atoms with van der Waals surface area (Å²) >= 11 is 7.58. The van der Waals surface area contributed by atoms with Gasteiger partial charge in [0.2, 0.25) is 11.8 Å². The minimum Gasteiger partial charge on any atom is -0.351 e. The van der Waals surface area contributed by atoms with Crippen molar-refractivity contribution in [1.29, 1.82) is 0 Å². The van der Waals surface area contributed by atoms with E-state index < -0.39 is 0 Å². The van der Waals surface area contributed by atoms with Crippen LogP contribution >= 0.6 is 23.4 Å². The molecule has 7 nitrogen and oxygen atoms in total. The van der Waals surface area contributed by atoms with Crippen LogP contribution in [0.3, 0.4) is 0 Å². The summed E-state index contributed by atoms with van der Waals surface area (Å²) in [5.41, 5.74) is 8.77. The third kappa shape index (κ3) is 4.52. The Kier molecular flexibility index (Phi) is 6.38. The van der Waals surface area contributed by atoms with Crippen molar-refractivity contribution in [3.05, 3.63) is 64.7 Å². The van der Waals surface area contributed by atoms with Gasteiger partial charge < -0.3 is 5.32 Å². The lowest BCUT2D eigenvalue weighted by atomic mass is 10.0. The molecule has 0 spiro atoms. The largest absolute Gasteiger partial charge is 0.351 e. The third-order valence-electron chi connectivity index (χ3n) is 4.97. The summed E-state index contributed by atoms with van der Waals surface area (Å²) in [7, 11) is 0. The number of aliphatic imine (C=N–C) groups is 1. The number of aryl methyl sites for hydroxylation is 1. The first-order valence-electron chi connectivity index (χ1n) is 9.62. The fourth-order valence-corrected chi connectivity index (χ4v) is 4.40. The Balaban J connectivity index is 1.46. The van der Waals surface area contributed by atoms with Gasteiger partial charge in [0, 0.05) is 13.1 Å². The molecule has 2 aliphatic heterocycles. The molecule has 156 valence electrons. The van der Waals surface area contributed by atoms with Crippen LogP contribution in [0.1, 0.15) is 11.1 Å². The van der Waals surface area contributed by atoms with E-state index in [0.29, 0.717) is 29.0 Å². The van der Waals surface area contributed by atoms with E-state index in [9.17, 15) is 9.59 Å². The highest BCUT2D eigenvalue weighted by molar-refractivity contribution is 8.14. The molecule has 30 heavy (non-hydrogen) atoms. The SMILES string of the molecule is Cc1ccc(CNC(=O)CSC2=NC3NNCC3C(=O)N2c2ccccc2Cl)cc1. The van der Waals surface area contributed by atoms with E-state index in [0.717, 1.165) is 5.56 Å². The van der Waals surface area contributed by atoms with Crippen LogP contribution in [0, 0.1) is 12.8 Å². The molecule has 9 heteroatoms. The number of fused-ring (bicyclic) bond motifs is 1. The first-order valence-corrected chi connectivity index (χ1v) is 11.0. The zero-order valence-electron chi connectivity index (χ0n) is 16.4. The van der Waals surface area contributed by atoms with Crippen LogP contribution in [0.5, 0.6) is 0 Å². The molecule has 4 rings (SSSR count). The molecule has 0 bridgehead atoms. The van der Waals surface area contributed by atoms with Gasteiger partial charge >= 0.3 is 0 Å². The standard InChI is InChI=1S/C21H22ClN5O2S/c1-13-6-8-14(9-7-13)10-23-18(28)12-30-21-25-19-15(11-24-26-19)20(29)27(21)17-5-3-2-4-16(17)22/h2-9,15,19,24,26H,10-12H2,1H3,(H,23,28). The van der Waals surface area contributed by atoms with Gasteiger partial charge in [-0.15, -0.1) is 0 Å². The molecule has 1 saturated heterocycles. The fourth-order valence-electron chi connectivity index (χ4n) is 3.31. The van der Waals surface area contributed by atoms with Gasteiger partial charge in [0.1, 0.15) is 6.17 Å². The van der Waals surface area contributed by atoms with Crippen LogP contribution in [0.2, 0.25) is 5.02 Å². The summed E-state index contributed by atoms with van der Waals surface area (Å²) in [4.78, 5) is 31.7. The van der Waals surface area contributed by atoms with E-state index >= 15 is 0 Å². The number of nitrogens with one attached hydrogen (secondary N) is 3. The van der Waals surface area contributed by atoms with Crippen molar-refractivity contribution in [2.24, 2.45) is 10.9 Å². The molecule has 2 aromatic rings. The van der Waals surface area contributed by atoms with Crippen LogP contribution in [0.15, 0.2) is 53.5 Å². The zero-order chi connectivity index (χ0) is 21.1. The lowest BCUT2D eigenvalue weighted by Gasteiger charge is -2.32. The van der Waals surface area contributed by atoms with E-state index in [1.807, 2.05) is 43.3 Å². The fraction of sp³-hybridized carbons (Fsp3) is 0.286. The van der Waals surface area contributed by atoms with Gasteiger partial charge in [-0.25, -0.2) is 10.4 Å². The van der Waals surface area contributed by atoms with Crippen LogP contribution in [0.25, 0.3) is 0 Å². The quantitative estimate of drug-likeness (QED) is 0.661. The van der Waals surface area contributed by atoms with E-state index in [1.165, 1.54) is 22.2 Å². The van der Waals surface area contributed by atoms with E-state index in [1.54, 1.807) is 12.1 Å². The van der Waals surface area contributed by atoms with Crippen molar-refractivity contribution in [2.45, 2.75) is 19.6 Å². The van der Waals surface area contributed by atoms with Crippen LogP contribution in [0.4, 0.5) is 5.69 Å². The first-order chi connectivity index (χ1) is 14.5. The number of nitrogens with zero attached hydrogens (tertiary/aromatic N) is 2. The van der Waals surface area contributed by atoms with Gasteiger partial charge in [0.15, 0.2) is 5.17 Å². The van der Waals surface area contributed by atoms with E-state index in [4.69, 9.17) is 11.6 Å². The number of amidine groups is 1. The highest BCUT2D eigenvalue weighted by atomic mass is 35.5.